The summed E-state index contributed by atoms with van der Waals surface area (Å²) >= 11 is 0. The van der Waals surface area contributed by atoms with E-state index in [0.717, 1.165) is 15.4 Å². The molecule has 1 amide bonds. The van der Waals surface area contributed by atoms with Gasteiger partial charge in [0.05, 0.1) is 18.0 Å². The minimum atomic E-state index is -3.84. The van der Waals surface area contributed by atoms with Gasteiger partial charge < -0.3 is 14.6 Å². The summed E-state index contributed by atoms with van der Waals surface area (Å²) in [6, 6.07) is 11.9. The SMILES string of the molecule is CCOc1ccc(S(=O)(=O)N(CC)CC(=O)Nc2ccc(Cc3noc(C(C)C)n3)cc2)cc1C. The summed E-state index contributed by atoms with van der Waals surface area (Å²) in [5.74, 6) is 1.57. The molecule has 0 radical (unpaired) electrons. The predicted molar refractivity (Wildman–Crippen MR) is 133 cm³/mol. The monoisotopic (exact) mass is 500 g/mol. The van der Waals surface area contributed by atoms with Crippen molar-refractivity contribution in [3.63, 3.8) is 0 Å². The van der Waals surface area contributed by atoms with Crippen LogP contribution in [-0.2, 0) is 21.2 Å². The zero-order chi connectivity index (χ0) is 25.6. The number of nitrogens with one attached hydrogen (secondary N) is 1. The van der Waals surface area contributed by atoms with Crippen LogP contribution in [0.1, 0.15) is 56.5 Å². The van der Waals surface area contributed by atoms with Crippen LogP contribution in [0.15, 0.2) is 51.9 Å². The molecule has 0 aliphatic rings. The predicted octanol–water partition coefficient (Wildman–Crippen LogP) is 4.14. The molecular weight excluding hydrogens is 468 g/mol. The Morgan fingerprint density at radius 3 is 2.43 bits per heavy atom. The third-order valence-corrected chi connectivity index (χ3v) is 7.25. The van der Waals surface area contributed by atoms with Gasteiger partial charge in [-0.2, -0.15) is 9.29 Å². The van der Waals surface area contributed by atoms with Crippen LogP contribution >= 0.6 is 0 Å². The van der Waals surface area contributed by atoms with Crippen molar-refractivity contribution in [1.82, 2.24) is 14.4 Å². The maximum atomic E-state index is 13.1. The molecule has 0 aliphatic carbocycles. The second-order valence-electron chi connectivity index (χ2n) is 8.42. The highest BCUT2D eigenvalue weighted by Crippen LogP contribution is 2.24. The van der Waals surface area contributed by atoms with Gasteiger partial charge in [-0.15, -0.1) is 0 Å². The number of likely N-dealkylation sites (N-methyl/N-ethyl adjacent to an activating group) is 1. The van der Waals surface area contributed by atoms with Crippen LogP contribution in [0, 0.1) is 6.92 Å². The lowest BCUT2D eigenvalue weighted by Gasteiger charge is -2.21. The summed E-state index contributed by atoms with van der Waals surface area (Å²) in [7, 11) is -3.84. The first-order valence-electron chi connectivity index (χ1n) is 11.6. The van der Waals surface area contributed by atoms with Crippen LogP contribution in [0.25, 0.3) is 0 Å². The molecule has 0 aliphatic heterocycles. The van der Waals surface area contributed by atoms with Crippen molar-refractivity contribution in [2.75, 3.05) is 25.0 Å². The third kappa shape index (κ3) is 6.67. The minimum Gasteiger partial charge on any atom is -0.494 e. The van der Waals surface area contributed by atoms with E-state index in [1.165, 1.54) is 6.07 Å². The Hall–Kier alpha value is -3.24. The Labute approximate surface area is 206 Å². The first kappa shape index (κ1) is 26.4. The average Bonchev–Trinajstić information content (AvgIpc) is 3.29. The van der Waals surface area contributed by atoms with Gasteiger partial charge in [0.2, 0.25) is 21.8 Å². The van der Waals surface area contributed by atoms with Gasteiger partial charge in [0.1, 0.15) is 5.75 Å². The molecule has 9 nitrogen and oxygen atoms in total. The van der Waals surface area contributed by atoms with E-state index in [0.29, 0.717) is 36.2 Å². The van der Waals surface area contributed by atoms with E-state index in [2.05, 4.69) is 15.5 Å². The normalized spacial score (nSPS) is 11.7. The molecular formula is C25H32N4O5S. The molecule has 35 heavy (non-hydrogen) atoms. The molecule has 0 spiro atoms. The highest BCUT2D eigenvalue weighted by Gasteiger charge is 2.26. The molecule has 0 unspecified atom stereocenters. The number of rotatable bonds is 11. The van der Waals surface area contributed by atoms with Gasteiger partial charge in [-0.25, -0.2) is 8.42 Å². The molecule has 1 heterocycles. The maximum absolute atomic E-state index is 13.1. The fourth-order valence-electron chi connectivity index (χ4n) is 3.44. The highest BCUT2D eigenvalue weighted by molar-refractivity contribution is 7.89. The number of sulfonamides is 1. The molecule has 0 atom stereocenters. The van der Waals surface area contributed by atoms with Crippen LogP contribution in [0.4, 0.5) is 5.69 Å². The summed E-state index contributed by atoms with van der Waals surface area (Å²) in [6.45, 7) is 9.67. The van der Waals surface area contributed by atoms with E-state index < -0.39 is 15.9 Å². The summed E-state index contributed by atoms with van der Waals surface area (Å²) in [6.07, 6.45) is 0.508. The summed E-state index contributed by atoms with van der Waals surface area (Å²) < 4.78 is 38.1. The second-order valence-corrected chi connectivity index (χ2v) is 10.4. The number of hydrogen-bond acceptors (Lipinski definition) is 7. The molecule has 0 fully saturated rings. The number of amides is 1. The number of nitrogens with zero attached hydrogens (tertiary/aromatic N) is 3. The van der Waals surface area contributed by atoms with Gasteiger partial charge in [0.15, 0.2) is 5.82 Å². The van der Waals surface area contributed by atoms with Gasteiger partial charge in [-0.1, -0.05) is 38.1 Å². The number of anilines is 1. The van der Waals surface area contributed by atoms with Crippen LogP contribution in [0.2, 0.25) is 0 Å². The molecule has 1 aromatic heterocycles. The van der Waals surface area contributed by atoms with Crippen molar-refractivity contribution >= 4 is 21.6 Å². The lowest BCUT2D eigenvalue weighted by atomic mass is 10.1. The summed E-state index contributed by atoms with van der Waals surface area (Å²) in [5.41, 5.74) is 2.25. The van der Waals surface area contributed by atoms with E-state index in [4.69, 9.17) is 9.26 Å². The zero-order valence-electron chi connectivity index (χ0n) is 20.7. The van der Waals surface area contributed by atoms with Crippen molar-refractivity contribution < 1.29 is 22.5 Å². The summed E-state index contributed by atoms with van der Waals surface area (Å²) in [4.78, 5) is 17.1. The van der Waals surface area contributed by atoms with E-state index in [1.54, 1.807) is 38.1 Å². The van der Waals surface area contributed by atoms with Gasteiger partial charge in [0, 0.05) is 24.6 Å². The fourth-order valence-corrected chi connectivity index (χ4v) is 4.93. The number of ether oxygens (including phenoxy) is 1. The second kappa shape index (κ2) is 11.5. The molecule has 0 bridgehead atoms. The van der Waals surface area contributed by atoms with E-state index in [1.807, 2.05) is 32.9 Å². The van der Waals surface area contributed by atoms with Gasteiger partial charge in [-0.05, 0) is 55.3 Å². The molecule has 188 valence electrons. The minimum absolute atomic E-state index is 0.125. The van der Waals surface area contributed by atoms with Crippen LogP contribution in [-0.4, -0.2) is 48.5 Å². The third-order valence-electron chi connectivity index (χ3n) is 5.33. The molecule has 3 aromatic rings. The van der Waals surface area contributed by atoms with Crippen LogP contribution < -0.4 is 10.1 Å². The molecule has 0 saturated carbocycles. The van der Waals surface area contributed by atoms with E-state index >= 15 is 0 Å². The number of hydrogen-bond donors (Lipinski definition) is 1. The number of aromatic nitrogens is 2. The zero-order valence-corrected chi connectivity index (χ0v) is 21.6. The first-order chi connectivity index (χ1) is 16.6. The average molecular weight is 501 g/mol. The number of carbonyl (C=O) groups excluding carboxylic acids is 1. The first-order valence-corrected chi connectivity index (χ1v) is 13.0. The van der Waals surface area contributed by atoms with Gasteiger partial charge in [0.25, 0.3) is 0 Å². The molecule has 0 saturated heterocycles. The molecule has 10 heteroatoms. The highest BCUT2D eigenvalue weighted by atomic mass is 32.2. The Kier molecular flexibility index (Phi) is 8.63. The van der Waals surface area contributed by atoms with E-state index in [9.17, 15) is 13.2 Å². The Bertz CT molecular complexity index is 1250. The van der Waals surface area contributed by atoms with Crippen molar-refractivity contribution in [2.24, 2.45) is 0 Å². The number of aryl methyl sites for hydroxylation is 1. The lowest BCUT2D eigenvalue weighted by Crippen LogP contribution is -2.37. The Balaban J connectivity index is 1.63. The summed E-state index contributed by atoms with van der Waals surface area (Å²) in [5, 5.41) is 6.75. The standard InChI is InChI=1S/C25H32N4O5S/c1-6-29(35(31,32)21-12-13-22(33-7-2)18(5)14-21)16-24(30)26-20-10-8-19(9-11-20)15-23-27-25(17(3)4)34-28-23/h8-14,17H,6-7,15-16H2,1-5H3,(H,26,30). The van der Waals surface area contributed by atoms with E-state index in [-0.39, 0.29) is 23.9 Å². The van der Waals surface area contributed by atoms with Crippen molar-refractivity contribution in [1.29, 1.82) is 0 Å². The number of carbonyl (C=O) groups is 1. The van der Waals surface area contributed by atoms with Crippen molar-refractivity contribution in [3.8, 4) is 5.75 Å². The lowest BCUT2D eigenvalue weighted by molar-refractivity contribution is -0.116. The number of benzene rings is 2. The van der Waals surface area contributed by atoms with Crippen molar-refractivity contribution in [2.45, 2.75) is 51.9 Å². The topological polar surface area (TPSA) is 115 Å². The molecule has 3 rings (SSSR count). The Morgan fingerprint density at radius 1 is 1.14 bits per heavy atom. The van der Waals surface area contributed by atoms with Crippen molar-refractivity contribution in [3.05, 3.63) is 65.3 Å². The molecule has 1 N–H and O–H groups in total. The smallest absolute Gasteiger partial charge is 0.243 e. The van der Waals surface area contributed by atoms with Crippen LogP contribution in [0.3, 0.4) is 0 Å². The van der Waals surface area contributed by atoms with Crippen LogP contribution in [0.5, 0.6) is 5.75 Å². The Morgan fingerprint density at radius 2 is 1.86 bits per heavy atom. The van der Waals surface area contributed by atoms with Gasteiger partial charge in [-0.3, -0.25) is 4.79 Å². The fraction of sp³-hybridized carbons (Fsp3) is 0.400. The van der Waals surface area contributed by atoms with Gasteiger partial charge >= 0.3 is 0 Å². The quantitative estimate of drug-likeness (QED) is 0.421. The maximum Gasteiger partial charge on any atom is 0.243 e. The largest absolute Gasteiger partial charge is 0.494 e. The molecule has 2 aromatic carbocycles.